The lowest BCUT2D eigenvalue weighted by Crippen LogP contribution is -2.11. The van der Waals surface area contributed by atoms with E-state index >= 15 is 0 Å². The van der Waals surface area contributed by atoms with E-state index in [0.717, 1.165) is 12.8 Å². The number of aromatic nitrogens is 2. The number of nitrogens with one attached hydrogen (secondary N) is 1. The van der Waals surface area contributed by atoms with Gasteiger partial charge in [0, 0.05) is 28.1 Å². The molecule has 0 bridgehead atoms. The molecule has 1 saturated carbocycles. The smallest absolute Gasteiger partial charge is 0.356 e. The van der Waals surface area contributed by atoms with E-state index in [0.29, 0.717) is 21.4 Å². The lowest BCUT2D eigenvalue weighted by molar-refractivity contribution is 0.0690. The highest BCUT2D eigenvalue weighted by Crippen LogP contribution is 2.39. The van der Waals surface area contributed by atoms with E-state index in [2.05, 4.69) is 15.3 Å². The average molecular weight is 373 g/mol. The molecule has 0 saturated heterocycles. The van der Waals surface area contributed by atoms with Crippen molar-refractivity contribution in [1.29, 1.82) is 0 Å². The van der Waals surface area contributed by atoms with E-state index in [4.69, 9.17) is 34.8 Å². The normalized spacial score (nSPS) is 13.9. The lowest BCUT2D eigenvalue weighted by Gasteiger charge is -2.12. The molecule has 0 atom stereocenters. The van der Waals surface area contributed by atoms with Crippen LogP contribution in [0.5, 0.6) is 0 Å². The summed E-state index contributed by atoms with van der Waals surface area (Å²) in [5, 5.41) is 13.3. The maximum Gasteiger partial charge on any atom is 0.356 e. The third kappa shape index (κ3) is 3.52. The Balaban J connectivity index is 1.91. The number of anilines is 1. The van der Waals surface area contributed by atoms with E-state index < -0.39 is 5.97 Å². The lowest BCUT2D eigenvalue weighted by atomic mass is 10.2. The molecule has 120 valence electrons. The van der Waals surface area contributed by atoms with Crippen molar-refractivity contribution in [1.82, 2.24) is 9.97 Å². The molecule has 5 nitrogen and oxygen atoms in total. The van der Waals surface area contributed by atoms with Gasteiger partial charge in [-0.25, -0.2) is 14.8 Å². The summed E-state index contributed by atoms with van der Waals surface area (Å²) in [5.41, 5.74) is 0.492. The van der Waals surface area contributed by atoms with Gasteiger partial charge < -0.3 is 10.4 Å². The van der Waals surface area contributed by atoms with Crippen LogP contribution in [0.3, 0.4) is 0 Å². The standard InChI is InChI=1S/C15H12Cl3N3O2/c16-9-2-1-3-10(17)8(9)6-19-14-11(18)12(15(22)23)20-13(21-14)7-4-5-7/h1-3,7H,4-6H2,(H,22,23)(H,19,20,21). The second-order valence-electron chi connectivity index (χ2n) is 5.23. The Kier molecular flexibility index (Phi) is 4.62. The Bertz CT molecular complexity index is 759. The van der Waals surface area contributed by atoms with Crippen LogP contribution in [0.25, 0.3) is 0 Å². The first-order valence-corrected chi connectivity index (χ1v) is 8.08. The summed E-state index contributed by atoms with van der Waals surface area (Å²) in [7, 11) is 0. The Hall–Kier alpha value is -1.56. The van der Waals surface area contributed by atoms with Crippen LogP contribution >= 0.6 is 34.8 Å². The molecular weight excluding hydrogens is 361 g/mol. The number of nitrogens with zero attached hydrogens (tertiary/aromatic N) is 2. The number of hydrogen-bond donors (Lipinski definition) is 2. The van der Waals surface area contributed by atoms with Gasteiger partial charge in [-0.1, -0.05) is 40.9 Å². The van der Waals surface area contributed by atoms with Crippen LogP contribution in [0, 0.1) is 0 Å². The maximum atomic E-state index is 11.3. The van der Waals surface area contributed by atoms with Crippen LogP contribution < -0.4 is 5.32 Å². The summed E-state index contributed by atoms with van der Waals surface area (Å²) in [6.07, 6.45) is 1.91. The minimum Gasteiger partial charge on any atom is -0.476 e. The minimum atomic E-state index is -1.18. The molecule has 2 N–H and O–H groups in total. The minimum absolute atomic E-state index is 0.0231. The molecule has 1 aliphatic rings. The molecular formula is C15H12Cl3N3O2. The summed E-state index contributed by atoms with van der Waals surface area (Å²) in [5.74, 6) is -0.204. The van der Waals surface area contributed by atoms with E-state index in [1.54, 1.807) is 18.2 Å². The SMILES string of the molecule is O=C(O)c1nc(C2CC2)nc(NCc2c(Cl)cccc2Cl)c1Cl. The average Bonchev–Trinajstić information content (AvgIpc) is 3.32. The van der Waals surface area contributed by atoms with Crippen molar-refractivity contribution in [2.24, 2.45) is 0 Å². The molecule has 3 rings (SSSR count). The highest BCUT2D eigenvalue weighted by molar-refractivity contribution is 6.36. The Morgan fingerprint density at radius 2 is 1.87 bits per heavy atom. The molecule has 1 aliphatic carbocycles. The van der Waals surface area contributed by atoms with Crippen molar-refractivity contribution in [3.05, 3.63) is 50.3 Å². The van der Waals surface area contributed by atoms with Gasteiger partial charge in [-0.2, -0.15) is 0 Å². The molecule has 2 aromatic rings. The summed E-state index contributed by atoms with van der Waals surface area (Å²) >= 11 is 18.4. The zero-order valence-electron chi connectivity index (χ0n) is 11.8. The van der Waals surface area contributed by atoms with Crippen LogP contribution in [-0.4, -0.2) is 21.0 Å². The Morgan fingerprint density at radius 3 is 2.43 bits per heavy atom. The molecule has 0 aliphatic heterocycles. The number of rotatable bonds is 5. The van der Waals surface area contributed by atoms with Crippen molar-refractivity contribution >= 4 is 46.6 Å². The first-order chi connectivity index (χ1) is 11.0. The fourth-order valence-corrected chi connectivity index (χ4v) is 2.88. The number of benzene rings is 1. The van der Waals surface area contributed by atoms with Crippen LogP contribution in [0.15, 0.2) is 18.2 Å². The molecule has 1 fully saturated rings. The predicted octanol–water partition coefficient (Wildman–Crippen LogP) is 4.62. The van der Waals surface area contributed by atoms with Gasteiger partial charge in [-0.05, 0) is 25.0 Å². The fourth-order valence-electron chi connectivity index (χ4n) is 2.12. The molecule has 1 heterocycles. The molecule has 0 amide bonds. The van der Waals surface area contributed by atoms with E-state index in [1.165, 1.54) is 0 Å². The fraction of sp³-hybridized carbons (Fsp3) is 0.267. The third-order valence-electron chi connectivity index (χ3n) is 3.51. The largest absolute Gasteiger partial charge is 0.476 e. The highest BCUT2D eigenvalue weighted by Gasteiger charge is 2.29. The van der Waals surface area contributed by atoms with E-state index in [1.807, 2.05) is 0 Å². The van der Waals surface area contributed by atoms with Crippen molar-refractivity contribution in [3.63, 3.8) is 0 Å². The molecule has 8 heteroatoms. The molecule has 23 heavy (non-hydrogen) atoms. The third-order valence-corrected chi connectivity index (χ3v) is 4.57. The molecule has 0 radical (unpaired) electrons. The van der Waals surface area contributed by atoms with Gasteiger partial charge in [0.25, 0.3) is 0 Å². The second-order valence-corrected chi connectivity index (χ2v) is 6.42. The Labute approximate surface area is 147 Å². The molecule has 0 unspecified atom stereocenters. The zero-order valence-corrected chi connectivity index (χ0v) is 14.1. The van der Waals surface area contributed by atoms with Crippen molar-refractivity contribution in [2.45, 2.75) is 25.3 Å². The van der Waals surface area contributed by atoms with Gasteiger partial charge in [-0.3, -0.25) is 0 Å². The summed E-state index contributed by atoms with van der Waals surface area (Å²) in [6.45, 7) is 0.276. The molecule has 1 aromatic carbocycles. The van der Waals surface area contributed by atoms with Crippen molar-refractivity contribution in [2.75, 3.05) is 5.32 Å². The van der Waals surface area contributed by atoms with Gasteiger partial charge in [0.15, 0.2) is 5.69 Å². The Morgan fingerprint density at radius 1 is 1.22 bits per heavy atom. The van der Waals surface area contributed by atoms with Crippen LogP contribution in [-0.2, 0) is 6.54 Å². The number of carboxylic acid groups (broad SMARTS) is 1. The number of halogens is 3. The number of carbonyl (C=O) groups is 1. The van der Waals surface area contributed by atoms with E-state index in [-0.39, 0.29) is 29.0 Å². The van der Waals surface area contributed by atoms with Gasteiger partial charge in [0.1, 0.15) is 16.7 Å². The monoisotopic (exact) mass is 371 g/mol. The summed E-state index contributed by atoms with van der Waals surface area (Å²) in [4.78, 5) is 19.7. The predicted molar refractivity (Wildman–Crippen MR) is 89.8 cm³/mol. The number of hydrogen-bond acceptors (Lipinski definition) is 4. The summed E-state index contributed by atoms with van der Waals surface area (Å²) in [6, 6.07) is 5.20. The quantitative estimate of drug-likeness (QED) is 0.800. The molecule has 0 spiro atoms. The zero-order chi connectivity index (χ0) is 16.6. The van der Waals surface area contributed by atoms with Crippen molar-refractivity contribution < 1.29 is 9.90 Å². The molecule has 1 aromatic heterocycles. The van der Waals surface area contributed by atoms with E-state index in [9.17, 15) is 9.90 Å². The van der Waals surface area contributed by atoms with Crippen molar-refractivity contribution in [3.8, 4) is 0 Å². The maximum absolute atomic E-state index is 11.3. The summed E-state index contributed by atoms with van der Waals surface area (Å²) < 4.78 is 0. The number of aromatic carboxylic acids is 1. The second kappa shape index (κ2) is 6.51. The topological polar surface area (TPSA) is 75.1 Å². The first kappa shape index (κ1) is 16.3. The van der Waals surface area contributed by atoms with Gasteiger partial charge in [0.2, 0.25) is 0 Å². The number of carboxylic acids is 1. The first-order valence-electron chi connectivity index (χ1n) is 6.95. The van der Waals surface area contributed by atoms with Gasteiger partial charge in [0.05, 0.1) is 0 Å². The van der Waals surface area contributed by atoms with Crippen LogP contribution in [0.1, 0.15) is 40.6 Å². The van der Waals surface area contributed by atoms with Crippen LogP contribution in [0.4, 0.5) is 5.82 Å². The van der Waals surface area contributed by atoms with Gasteiger partial charge in [-0.15, -0.1) is 0 Å². The highest BCUT2D eigenvalue weighted by atomic mass is 35.5. The van der Waals surface area contributed by atoms with Gasteiger partial charge >= 0.3 is 5.97 Å². The van der Waals surface area contributed by atoms with Crippen LogP contribution in [0.2, 0.25) is 15.1 Å².